The lowest BCUT2D eigenvalue weighted by Crippen LogP contribution is -2.48. The van der Waals surface area contributed by atoms with Gasteiger partial charge in [-0.3, -0.25) is 24.3 Å². The van der Waals surface area contributed by atoms with E-state index in [2.05, 4.69) is 20.9 Å². The van der Waals surface area contributed by atoms with E-state index in [-0.39, 0.29) is 5.91 Å². The molecule has 0 saturated carbocycles. The van der Waals surface area contributed by atoms with Crippen LogP contribution in [0.4, 0.5) is 0 Å². The van der Waals surface area contributed by atoms with Crippen LogP contribution in [0.15, 0.2) is 52.3 Å². The fourth-order valence-corrected chi connectivity index (χ4v) is 3.77. The van der Waals surface area contributed by atoms with E-state index < -0.39 is 11.1 Å². The number of pyridine rings is 1. The molecule has 0 unspecified atom stereocenters. The van der Waals surface area contributed by atoms with Crippen molar-refractivity contribution in [2.24, 2.45) is 0 Å². The molecule has 1 aliphatic heterocycles. The zero-order chi connectivity index (χ0) is 20.4. The van der Waals surface area contributed by atoms with Gasteiger partial charge >= 0.3 is 11.1 Å². The summed E-state index contributed by atoms with van der Waals surface area (Å²) in [6.45, 7) is 5.89. The molecule has 0 radical (unpaired) electrons. The van der Waals surface area contributed by atoms with Crippen molar-refractivity contribution in [1.29, 1.82) is 0 Å². The van der Waals surface area contributed by atoms with Crippen molar-refractivity contribution < 1.29 is 4.79 Å². The fourth-order valence-electron chi connectivity index (χ4n) is 3.77. The van der Waals surface area contributed by atoms with E-state index in [0.29, 0.717) is 36.2 Å². The SMILES string of the molecule is CCn1c(=O)c(=O)[nH]c2cc(C(=O)N3CCN(Cc4cccnc4)CC3)ccc21. The quantitative estimate of drug-likeness (QED) is 0.670. The smallest absolute Gasteiger partial charge is 0.316 e. The van der Waals surface area contributed by atoms with Crippen LogP contribution < -0.4 is 11.1 Å². The molecule has 8 heteroatoms. The molecule has 0 spiro atoms. The first-order valence-electron chi connectivity index (χ1n) is 9.74. The zero-order valence-corrected chi connectivity index (χ0v) is 16.3. The van der Waals surface area contributed by atoms with Crippen LogP contribution in [-0.4, -0.2) is 56.4 Å². The first-order chi connectivity index (χ1) is 14.1. The van der Waals surface area contributed by atoms with E-state index in [9.17, 15) is 14.4 Å². The number of carbonyl (C=O) groups is 1. The lowest BCUT2D eigenvalue weighted by atomic mass is 10.1. The molecule has 0 aliphatic carbocycles. The van der Waals surface area contributed by atoms with Crippen LogP contribution >= 0.6 is 0 Å². The molecule has 0 bridgehead atoms. The van der Waals surface area contributed by atoms with Gasteiger partial charge in [0.1, 0.15) is 0 Å². The second kappa shape index (κ2) is 8.00. The van der Waals surface area contributed by atoms with Crippen LogP contribution in [0.1, 0.15) is 22.8 Å². The maximum Gasteiger partial charge on any atom is 0.316 e. The van der Waals surface area contributed by atoms with Gasteiger partial charge in [0, 0.05) is 57.2 Å². The van der Waals surface area contributed by atoms with E-state index in [1.165, 1.54) is 4.57 Å². The summed E-state index contributed by atoms with van der Waals surface area (Å²) in [7, 11) is 0. The molecule has 1 aliphatic rings. The molecule has 1 amide bonds. The number of aryl methyl sites for hydroxylation is 1. The minimum absolute atomic E-state index is 0.0666. The lowest BCUT2D eigenvalue weighted by Gasteiger charge is -2.34. The third-order valence-corrected chi connectivity index (χ3v) is 5.33. The van der Waals surface area contributed by atoms with Crippen LogP contribution in [0, 0.1) is 0 Å². The summed E-state index contributed by atoms with van der Waals surface area (Å²) in [6.07, 6.45) is 3.63. The zero-order valence-electron chi connectivity index (χ0n) is 16.3. The van der Waals surface area contributed by atoms with Crippen molar-refractivity contribution in [3.05, 3.63) is 74.6 Å². The summed E-state index contributed by atoms with van der Waals surface area (Å²) >= 11 is 0. The van der Waals surface area contributed by atoms with Crippen LogP contribution in [0.3, 0.4) is 0 Å². The Morgan fingerprint density at radius 2 is 1.93 bits per heavy atom. The minimum atomic E-state index is -0.673. The standard InChI is InChI=1S/C21H23N5O3/c1-2-26-18-6-5-16(12-17(18)23-19(27)21(26)29)20(28)25-10-8-24(9-11-25)14-15-4-3-7-22-13-15/h3-7,12-13H,2,8-11,14H2,1H3,(H,23,27). The summed E-state index contributed by atoms with van der Waals surface area (Å²) in [6, 6.07) is 9.08. The van der Waals surface area contributed by atoms with Gasteiger partial charge < -0.3 is 14.5 Å². The Balaban J connectivity index is 1.49. The predicted octanol–water partition coefficient (Wildman–Crippen LogP) is 1.06. The van der Waals surface area contributed by atoms with Gasteiger partial charge in [0.15, 0.2) is 0 Å². The number of rotatable bonds is 4. The Hall–Kier alpha value is -3.26. The monoisotopic (exact) mass is 393 g/mol. The highest BCUT2D eigenvalue weighted by molar-refractivity contribution is 5.97. The van der Waals surface area contributed by atoms with Gasteiger partial charge in [-0.1, -0.05) is 6.07 Å². The molecule has 1 fully saturated rings. The van der Waals surface area contributed by atoms with E-state index in [1.807, 2.05) is 24.1 Å². The highest BCUT2D eigenvalue weighted by Crippen LogP contribution is 2.15. The van der Waals surface area contributed by atoms with E-state index >= 15 is 0 Å². The van der Waals surface area contributed by atoms with E-state index in [0.717, 1.165) is 25.2 Å². The Kier molecular flexibility index (Phi) is 5.26. The molecule has 29 heavy (non-hydrogen) atoms. The van der Waals surface area contributed by atoms with Crippen molar-refractivity contribution >= 4 is 16.9 Å². The van der Waals surface area contributed by atoms with Crippen LogP contribution in [0.5, 0.6) is 0 Å². The molecule has 2 aromatic heterocycles. The highest BCUT2D eigenvalue weighted by Gasteiger charge is 2.22. The van der Waals surface area contributed by atoms with E-state index in [1.54, 1.807) is 24.4 Å². The summed E-state index contributed by atoms with van der Waals surface area (Å²) in [5.74, 6) is -0.0666. The normalized spacial score (nSPS) is 15.0. The molecule has 3 aromatic rings. The van der Waals surface area contributed by atoms with Crippen molar-refractivity contribution in [3.8, 4) is 0 Å². The Morgan fingerprint density at radius 1 is 1.14 bits per heavy atom. The molecule has 1 N–H and O–H groups in total. The Labute approximate surface area is 167 Å². The summed E-state index contributed by atoms with van der Waals surface area (Å²) in [4.78, 5) is 47.7. The number of aromatic nitrogens is 3. The Bertz CT molecular complexity index is 1140. The molecule has 4 rings (SSSR count). The topological polar surface area (TPSA) is 91.3 Å². The van der Waals surface area contributed by atoms with Gasteiger partial charge in [-0.25, -0.2) is 0 Å². The van der Waals surface area contributed by atoms with Gasteiger partial charge in [0.05, 0.1) is 11.0 Å². The number of hydrogen-bond acceptors (Lipinski definition) is 5. The van der Waals surface area contributed by atoms with Gasteiger partial charge in [-0.05, 0) is 36.8 Å². The average molecular weight is 393 g/mol. The molecular weight excluding hydrogens is 370 g/mol. The maximum atomic E-state index is 13.0. The third kappa shape index (κ3) is 3.84. The number of hydrogen-bond donors (Lipinski definition) is 1. The first kappa shape index (κ1) is 19.1. The number of nitrogens with one attached hydrogen (secondary N) is 1. The molecule has 1 saturated heterocycles. The molecule has 3 heterocycles. The van der Waals surface area contributed by atoms with Crippen molar-refractivity contribution in [2.45, 2.75) is 20.0 Å². The largest absolute Gasteiger partial charge is 0.336 e. The number of amides is 1. The number of fused-ring (bicyclic) bond motifs is 1. The van der Waals surface area contributed by atoms with Crippen LogP contribution in [-0.2, 0) is 13.1 Å². The van der Waals surface area contributed by atoms with Crippen molar-refractivity contribution in [2.75, 3.05) is 26.2 Å². The third-order valence-electron chi connectivity index (χ3n) is 5.33. The van der Waals surface area contributed by atoms with Crippen molar-refractivity contribution in [1.82, 2.24) is 24.3 Å². The van der Waals surface area contributed by atoms with E-state index in [4.69, 9.17) is 0 Å². The lowest BCUT2D eigenvalue weighted by molar-refractivity contribution is 0.0628. The number of benzene rings is 1. The highest BCUT2D eigenvalue weighted by atomic mass is 16.2. The van der Waals surface area contributed by atoms with Gasteiger partial charge in [-0.2, -0.15) is 0 Å². The van der Waals surface area contributed by atoms with Crippen LogP contribution in [0.25, 0.3) is 11.0 Å². The molecular formula is C21H23N5O3. The second-order valence-corrected chi connectivity index (χ2v) is 7.17. The van der Waals surface area contributed by atoms with Crippen molar-refractivity contribution in [3.63, 3.8) is 0 Å². The first-order valence-corrected chi connectivity index (χ1v) is 9.74. The second-order valence-electron chi connectivity index (χ2n) is 7.17. The molecule has 8 nitrogen and oxygen atoms in total. The van der Waals surface area contributed by atoms with Gasteiger partial charge in [0.2, 0.25) is 0 Å². The summed E-state index contributed by atoms with van der Waals surface area (Å²) in [5, 5.41) is 0. The molecule has 150 valence electrons. The number of piperazine rings is 1. The minimum Gasteiger partial charge on any atom is -0.336 e. The van der Waals surface area contributed by atoms with Crippen LogP contribution in [0.2, 0.25) is 0 Å². The molecule has 0 atom stereocenters. The fraction of sp³-hybridized carbons (Fsp3) is 0.333. The van der Waals surface area contributed by atoms with Gasteiger partial charge in [-0.15, -0.1) is 0 Å². The maximum absolute atomic E-state index is 13.0. The number of nitrogens with zero attached hydrogens (tertiary/aromatic N) is 4. The van der Waals surface area contributed by atoms with Gasteiger partial charge in [0.25, 0.3) is 5.91 Å². The average Bonchev–Trinajstić information content (AvgIpc) is 2.75. The number of aromatic amines is 1. The summed E-state index contributed by atoms with van der Waals surface area (Å²) < 4.78 is 1.42. The summed E-state index contributed by atoms with van der Waals surface area (Å²) in [5.41, 5.74) is 1.53. The number of carbonyl (C=O) groups excluding carboxylic acids is 1. The number of H-pyrrole nitrogens is 1. The Morgan fingerprint density at radius 3 is 2.62 bits per heavy atom. The molecule has 1 aromatic carbocycles. The predicted molar refractivity (Wildman–Crippen MR) is 110 cm³/mol.